The number of anilines is 1. The molecule has 2 aromatic carbocycles. The molecule has 0 spiro atoms. The van der Waals surface area contributed by atoms with Crippen molar-refractivity contribution in [3.8, 4) is 5.75 Å². The normalized spacial score (nSPS) is 10.7. The van der Waals surface area contributed by atoms with Crippen LogP contribution in [0.25, 0.3) is 0 Å². The topological polar surface area (TPSA) is 84.1 Å². The standard InChI is InChI=1S/C21H19ClFN3O3S/c1-12-16(10-19(27)25-15-7-8-18(29-2)17(22)9-15)20(28)26-21(24-12)30-11-13-3-5-14(23)6-4-13/h3-9H,10-11H2,1-2H3,(H,25,27)(H,24,26,28). The van der Waals surface area contributed by atoms with E-state index in [9.17, 15) is 14.0 Å². The van der Waals surface area contributed by atoms with Crippen LogP contribution >= 0.6 is 23.4 Å². The Labute approximate surface area is 181 Å². The number of aryl methyl sites for hydroxylation is 1. The molecule has 0 aliphatic heterocycles. The lowest BCUT2D eigenvalue weighted by Crippen LogP contribution is -2.23. The van der Waals surface area contributed by atoms with Gasteiger partial charge in [0.15, 0.2) is 5.16 Å². The molecule has 0 radical (unpaired) electrons. The van der Waals surface area contributed by atoms with Gasteiger partial charge in [0.25, 0.3) is 5.56 Å². The van der Waals surface area contributed by atoms with E-state index in [1.807, 2.05) is 0 Å². The summed E-state index contributed by atoms with van der Waals surface area (Å²) in [5.74, 6) is 0.365. The van der Waals surface area contributed by atoms with E-state index in [4.69, 9.17) is 16.3 Å². The number of carbonyl (C=O) groups is 1. The SMILES string of the molecule is COc1ccc(NC(=O)Cc2c(C)nc(SCc3ccc(F)cc3)[nH]c2=O)cc1Cl. The number of nitrogens with zero attached hydrogens (tertiary/aromatic N) is 1. The first-order chi connectivity index (χ1) is 14.4. The third kappa shape index (κ3) is 5.61. The number of benzene rings is 2. The number of halogens is 2. The first kappa shape index (κ1) is 21.9. The van der Waals surface area contributed by atoms with Crippen LogP contribution in [0.3, 0.4) is 0 Å². The quantitative estimate of drug-likeness (QED) is 0.415. The highest BCUT2D eigenvalue weighted by atomic mass is 35.5. The molecule has 0 bridgehead atoms. The lowest BCUT2D eigenvalue weighted by molar-refractivity contribution is -0.115. The zero-order valence-corrected chi connectivity index (χ0v) is 17.9. The summed E-state index contributed by atoms with van der Waals surface area (Å²) in [5, 5.41) is 3.51. The van der Waals surface area contributed by atoms with E-state index >= 15 is 0 Å². The fraction of sp³-hybridized carbons (Fsp3) is 0.190. The van der Waals surface area contributed by atoms with Crippen LogP contribution in [0.15, 0.2) is 52.4 Å². The number of nitrogens with one attached hydrogen (secondary N) is 2. The van der Waals surface area contributed by atoms with Gasteiger partial charge in [-0.2, -0.15) is 0 Å². The van der Waals surface area contributed by atoms with E-state index in [0.717, 1.165) is 5.56 Å². The molecule has 3 aromatic rings. The summed E-state index contributed by atoms with van der Waals surface area (Å²) in [6, 6.07) is 11.0. The Balaban J connectivity index is 1.66. The molecule has 0 aliphatic carbocycles. The summed E-state index contributed by atoms with van der Waals surface area (Å²) >= 11 is 7.39. The summed E-state index contributed by atoms with van der Waals surface area (Å²) in [6.45, 7) is 1.68. The van der Waals surface area contributed by atoms with Crippen LogP contribution in [0.1, 0.15) is 16.8 Å². The van der Waals surface area contributed by atoms with Gasteiger partial charge in [0, 0.05) is 22.7 Å². The van der Waals surface area contributed by atoms with Crippen molar-refractivity contribution in [1.29, 1.82) is 0 Å². The number of amides is 1. The number of rotatable bonds is 7. The number of aromatic amines is 1. The Morgan fingerprint density at radius 3 is 2.63 bits per heavy atom. The molecule has 1 amide bonds. The Morgan fingerprint density at radius 2 is 2.00 bits per heavy atom. The zero-order valence-electron chi connectivity index (χ0n) is 16.3. The Hall–Kier alpha value is -2.84. The molecule has 156 valence electrons. The third-order valence-corrected chi connectivity index (χ3v) is 5.50. The molecule has 0 saturated carbocycles. The molecule has 1 heterocycles. The van der Waals surface area contributed by atoms with Gasteiger partial charge in [0.1, 0.15) is 11.6 Å². The van der Waals surface area contributed by atoms with E-state index in [1.165, 1.54) is 31.0 Å². The molecule has 9 heteroatoms. The van der Waals surface area contributed by atoms with Gasteiger partial charge in [0.2, 0.25) is 5.91 Å². The highest BCUT2D eigenvalue weighted by Crippen LogP contribution is 2.27. The van der Waals surface area contributed by atoms with E-state index in [0.29, 0.717) is 38.6 Å². The van der Waals surface area contributed by atoms with Crippen molar-refractivity contribution in [1.82, 2.24) is 9.97 Å². The van der Waals surface area contributed by atoms with Crippen molar-refractivity contribution in [2.75, 3.05) is 12.4 Å². The van der Waals surface area contributed by atoms with E-state index < -0.39 is 0 Å². The van der Waals surface area contributed by atoms with Gasteiger partial charge in [0.05, 0.1) is 18.6 Å². The van der Waals surface area contributed by atoms with Gasteiger partial charge in [-0.25, -0.2) is 9.37 Å². The Bertz CT molecular complexity index is 1120. The van der Waals surface area contributed by atoms with Crippen molar-refractivity contribution in [3.05, 3.63) is 80.5 Å². The monoisotopic (exact) mass is 447 g/mol. The molecule has 2 N–H and O–H groups in total. The Morgan fingerprint density at radius 1 is 1.27 bits per heavy atom. The van der Waals surface area contributed by atoms with Crippen molar-refractivity contribution >= 4 is 35.0 Å². The Kier molecular flexibility index (Phi) is 7.12. The summed E-state index contributed by atoms with van der Waals surface area (Å²) in [4.78, 5) is 31.9. The minimum atomic E-state index is -0.369. The molecule has 0 aliphatic rings. The van der Waals surface area contributed by atoms with Crippen LogP contribution in [0, 0.1) is 12.7 Å². The molecular formula is C21H19ClFN3O3S. The minimum Gasteiger partial charge on any atom is -0.495 e. The maximum atomic E-state index is 13.0. The second-order valence-electron chi connectivity index (χ2n) is 6.42. The molecule has 3 rings (SSSR count). The molecular weight excluding hydrogens is 429 g/mol. The van der Waals surface area contributed by atoms with Gasteiger partial charge < -0.3 is 15.0 Å². The molecule has 0 saturated heterocycles. The lowest BCUT2D eigenvalue weighted by atomic mass is 10.1. The number of methoxy groups -OCH3 is 1. The van der Waals surface area contributed by atoms with Crippen molar-refractivity contribution < 1.29 is 13.9 Å². The zero-order chi connectivity index (χ0) is 21.7. The molecule has 0 fully saturated rings. The van der Waals surface area contributed by atoms with E-state index in [2.05, 4.69) is 15.3 Å². The van der Waals surface area contributed by atoms with Crippen LogP contribution < -0.4 is 15.6 Å². The van der Waals surface area contributed by atoms with Crippen LogP contribution in [0.4, 0.5) is 10.1 Å². The maximum Gasteiger partial charge on any atom is 0.255 e. The van der Waals surface area contributed by atoms with Gasteiger partial charge in [-0.05, 0) is 42.8 Å². The summed E-state index contributed by atoms with van der Waals surface area (Å²) in [7, 11) is 1.50. The second-order valence-corrected chi connectivity index (χ2v) is 7.80. The van der Waals surface area contributed by atoms with Crippen molar-refractivity contribution in [2.45, 2.75) is 24.3 Å². The molecule has 6 nitrogen and oxygen atoms in total. The summed E-state index contributed by atoms with van der Waals surface area (Å²) < 4.78 is 18.1. The molecule has 0 atom stereocenters. The van der Waals surface area contributed by atoms with Crippen LogP contribution in [0.5, 0.6) is 5.75 Å². The number of H-pyrrole nitrogens is 1. The van der Waals surface area contributed by atoms with E-state index in [-0.39, 0.29) is 23.7 Å². The number of hydrogen-bond acceptors (Lipinski definition) is 5. The van der Waals surface area contributed by atoms with Crippen LogP contribution in [0.2, 0.25) is 5.02 Å². The van der Waals surface area contributed by atoms with Crippen LogP contribution in [-0.2, 0) is 17.0 Å². The van der Waals surface area contributed by atoms with Crippen LogP contribution in [-0.4, -0.2) is 23.0 Å². The predicted molar refractivity (Wildman–Crippen MR) is 116 cm³/mol. The average molecular weight is 448 g/mol. The largest absolute Gasteiger partial charge is 0.495 e. The minimum absolute atomic E-state index is 0.124. The number of carbonyl (C=O) groups excluding carboxylic acids is 1. The number of aromatic nitrogens is 2. The van der Waals surface area contributed by atoms with Crippen molar-refractivity contribution in [3.63, 3.8) is 0 Å². The summed E-state index contributed by atoms with van der Waals surface area (Å²) in [5.41, 5.74) is 1.80. The number of hydrogen-bond donors (Lipinski definition) is 2. The van der Waals surface area contributed by atoms with Gasteiger partial charge in [-0.1, -0.05) is 35.5 Å². The van der Waals surface area contributed by atoms with Gasteiger partial charge in [-0.3, -0.25) is 9.59 Å². The fourth-order valence-corrected chi connectivity index (χ4v) is 3.82. The maximum absolute atomic E-state index is 13.0. The molecule has 30 heavy (non-hydrogen) atoms. The number of thioether (sulfide) groups is 1. The second kappa shape index (κ2) is 9.77. The highest BCUT2D eigenvalue weighted by Gasteiger charge is 2.14. The smallest absolute Gasteiger partial charge is 0.255 e. The first-order valence-electron chi connectivity index (χ1n) is 8.96. The van der Waals surface area contributed by atoms with Gasteiger partial charge >= 0.3 is 0 Å². The summed E-state index contributed by atoms with van der Waals surface area (Å²) in [6.07, 6.45) is -0.124. The molecule has 0 unspecified atom stereocenters. The third-order valence-electron chi connectivity index (χ3n) is 4.26. The highest BCUT2D eigenvalue weighted by molar-refractivity contribution is 7.98. The predicted octanol–water partition coefficient (Wildman–Crippen LogP) is 4.35. The number of ether oxygens (including phenoxy) is 1. The lowest BCUT2D eigenvalue weighted by Gasteiger charge is -2.09. The van der Waals surface area contributed by atoms with Crippen molar-refractivity contribution in [2.24, 2.45) is 0 Å². The fourth-order valence-electron chi connectivity index (χ4n) is 2.70. The average Bonchev–Trinajstić information content (AvgIpc) is 2.70. The van der Waals surface area contributed by atoms with Gasteiger partial charge in [-0.15, -0.1) is 0 Å². The first-order valence-corrected chi connectivity index (χ1v) is 10.3. The molecule has 1 aromatic heterocycles. The van der Waals surface area contributed by atoms with E-state index in [1.54, 1.807) is 37.3 Å².